The number of hydrogen-bond donors (Lipinski definition) is 1. The lowest BCUT2D eigenvalue weighted by Gasteiger charge is -2.23. The van der Waals surface area contributed by atoms with Gasteiger partial charge in [-0.3, -0.25) is 4.79 Å². The molecule has 2 aromatic rings. The van der Waals surface area contributed by atoms with Crippen LogP contribution in [0.4, 0.5) is 0 Å². The monoisotopic (exact) mass is 273 g/mol. The van der Waals surface area contributed by atoms with E-state index in [1.807, 2.05) is 29.7 Å². The predicted octanol–water partition coefficient (Wildman–Crippen LogP) is 1.38. The summed E-state index contributed by atoms with van der Waals surface area (Å²) >= 11 is 0. The number of rotatable bonds is 3. The van der Waals surface area contributed by atoms with Crippen molar-refractivity contribution in [3.8, 4) is 0 Å². The summed E-state index contributed by atoms with van der Waals surface area (Å²) in [5.74, 6) is 0.00474. The number of aromatic nitrogens is 2. The van der Waals surface area contributed by atoms with Crippen molar-refractivity contribution in [1.29, 1.82) is 0 Å². The standard InChI is InChI=1S/C15H19N3O2/c1-10-3-5-18-13(8-12-9-16-4-6-20-12)15(11(2)19)17-14(18)7-10/h3,5,7,12,16H,4,6,8-9H2,1-2H3. The minimum absolute atomic E-state index is 0.00474. The highest BCUT2D eigenvalue weighted by atomic mass is 16.5. The van der Waals surface area contributed by atoms with Gasteiger partial charge in [-0.05, 0) is 24.6 Å². The van der Waals surface area contributed by atoms with Gasteiger partial charge in [-0.1, -0.05) is 0 Å². The predicted molar refractivity (Wildman–Crippen MR) is 76.2 cm³/mol. The Morgan fingerprint density at radius 3 is 3.15 bits per heavy atom. The topological polar surface area (TPSA) is 55.6 Å². The van der Waals surface area contributed by atoms with E-state index in [0.29, 0.717) is 12.1 Å². The summed E-state index contributed by atoms with van der Waals surface area (Å²) in [6, 6.07) is 4.03. The maximum absolute atomic E-state index is 11.8. The smallest absolute Gasteiger partial charge is 0.180 e. The van der Waals surface area contributed by atoms with E-state index in [1.165, 1.54) is 0 Å². The number of ketones is 1. The second-order valence-corrected chi connectivity index (χ2v) is 5.30. The van der Waals surface area contributed by atoms with Crippen molar-refractivity contribution in [1.82, 2.24) is 14.7 Å². The molecule has 0 radical (unpaired) electrons. The quantitative estimate of drug-likeness (QED) is 0.858. The summed E-state index contributed by atoms with van der Waals surface area (Å²) in [5.41, 5.74) is 3.47. The third-order valence-corrected chi connectivity index (χ3v) is 3.64. The summed E-state index contributed by atoms with van der Waals surface area (Å²) in [5, 5.41) is 3.31. The van der Waals surface area contributed by atoms with Gasteiger partial charge in [0.25, 0.3) is 0 Å². The fraction of sp³-hybridized carbons (Fsp3) is 0.467. The Bertz CT molecular complexity index is 642. The molecule has 1 N–H and O–H groups in total. The molecule has 0 amide bonds. The number of hydrogen-bond acceptors (Lipinski definition) is 4. The minimum Gasteiger partial charge on any atom is -0.375 e. The van der Waals surface area contributed by atoms with E-state index in [9.17, 15) is 4.79 Å². The molecule has 0 saturated carbocycles. The molecule has 3 rings (SSSR count). The number of morpholine rings is 1. The van der Waals surface area contributed by atoms with Gasteiger partial charge in [0.15, 0.2) is 5.78 Å². The maximum atomic E-state index is 11.8. The van der Waals surface area contributed by atoms with Crippen LogP contribution in [0.15, 0.2) is 18.3 Å². The SMILES string of the molecule is CC(=O)c1nc2cc(C)ccn2c1CC1CNCCO1. The summed E-state index contributed by atoms with van der Waals surface area (Å²) < 4.78 is 7.75. The van der Waals surface area contributed by atoms with Crippen LogP contribution in [0.2, 0.25) is 0 Å². The van der Waals surface area contributed by atoms with Gasteiger partial charge in [-0.15, -0.1) is 0 Å². The highest BCUT2D eigenvalue weighted by molar-refractivity contribution is 5.94. The zero-order chi connectivity index (χ0) is 14.1. The first-order chi connectivity index (χ1) is 9.65. The maximum Gasteiger partial charge on any atom is 0.180 e. The van der Waals surface area contributed by atoms with Crippen molar-refractivity contribution >= 4 is 11.4 Å². The fourth-order valence-electron chi connectivity index (χ4n) is 2.64. The Balaban J connectivity index is 2.01. The third-order valence-electron chi connectivity index (χ3n) is 3.64. The molecule has 106 valence electrons. The van der Waals surface area contributed by atoms with Crippen LogP contribution < -0.4 is 5.32 Å². The summed E-state index contributed by atoms with van der Waals surface area (Å²) in [6.07, 6.45) is 2.78. The van der Waals surface area contributed by atoms with E-state index in [-0.39, 0.29) is 11.9 Å². The molecule has 1 unspecified atom stereocenters. The third kappa shape index (κ3) is 2.46. The molecule has 20 heavy (non-hydrogen) atoms. The molecule has 0 aromatic carbocycles. The van der Waals surface area contributed by atoms with E-state index < -0.39 is 0 Å². The van der Waals surface area contributed by atoms with Crippen LogP contribution in [0.25, 0.3) is 5.65 Å². The summed E-state index contributed by atoms with van der Waals surface area (Å²) in [6.45, 7) is 6.02. The number of aryl methyl sites for hydroxylation is 1. The highest BCUT2D eigenvalue weighted by Gasteiger charge is 2.21. The number of Topliss-reactive ketones (excluding diaryl/α,β-unsaturated/α-hetero) is 1. The number of pyridine rings is 1. The van der Waals surface area contributed by atoms with Crippen LogP contribution in [-0.2, 0) is 11.2 Å². The van der Waals surface area contributed by atoms with Crippen molar-refractivity contribution < 1.29 is 9.53 Å². The Hall–Kier alpha value is -1.72. The van der Waals surface area contributed by atoms with Crippen molar-refractivity contribution in [3.05, 3.63) is 35.3 Å². The van der Waals surface area contributed by atoms with E-state index in [2.05, 4.69) is 10.3 Å². The van der Waals surface area contributed by atoms with Crippen LogP contribution in [0.3, 0.4) is 0 Å². The first-order valence-electron chi connectivity index (χ1n) is 6.96. The van der Waals surface area contributed by atoms with Gasteiger partial charge < -0.3 is 14.5 Å². The highest BCUT2D eigenvalue weighted by Crippen LogP contribution is 2.18. The van der Waals surface area contributed by atoms with Gasteiger partial charge in [0.05, 0.1) is 18.4 Å². The molecule has 5 nitrogen and oxygen atoms in total. The molecular formula is C15H19N3O2. The van der Waals surface area contributed by atoms with Crippen molar-refractivity contribution in [3.63, 3.8) is 0 Å². The molecule has 1 atom stereocenters. The molecule has 1 aliphatic rings. The molecule has 5 heteroatoms. The van der Waals surface area contributed by atoms with Gasteiger partial charge >= 0.3 is 0 Å². The second-order valence-electron chi connectivity index (χ2n) is 5.30. The Labute approximate surface area is 118 Å². The van der Waals surface area contributed by atoms with E-state index in [4.69, 9.17) is 4.74 Å². The average molecular weight is 273 g/mol. The number of carbonyl (C=O) groups excluding carboxylic acids is 1. The first-order valence-corrected chi connectivity index (χ1v) is 6.96. The molecular weight excluding hydrogens is 254 g/mol. The minimum atomic E-state index is 0.00474. The molecule has 1 fully saturated rings. The summed E-state index contributed by atoms with van der Waals surface area (Å²) in [7, 11) is 0. The van der Waals surface area contributed by atoms with E-state index in [1.54, 1.807) is 6.92 Å². The van der Waals surface area contributed by atoms with Crippen LogP contribution >= 0.6 is 0 Å². The molecule has 2 aromatic heterocycles. The van der Waals surface area contributed by atoms with Crippen molar-refractivity contribution in [2.75, 3.05) is 19.7 Å². The zero-order valence-electron chi connectivity index (χ0n) is 11.8. The number of carbonyl (C=O) groups is 1. The molecule has 0 aliphatic carbocycles. The molecule has 0 bridgehead atoms. The zero-order valence-corrected chi connectivity index (χ0v) is 11.8. The van der Waals surface area contributed by atoms with Gasteiger partial charge in [0.2, 0.25) is 0 Å². The van der Waals surface area contributed by atoms with Crippen LogP contribution in [0.1, 0.15) is 28.7 Å². The normalized spacial score (nSPS) is 19.4. The van der Waals surface area contributed by atoms with Gasteiger partial charge in [-0.25, -0.2) is 4.98 Å². The lowest BCUT2D eigenvalue weighted by molar-refractivity contribution is 0.0284. The average Bonchev–Trinajstić information content (AvgIpc) is 2.78. The number of nitrogens with one attached hydrogen (secondary N) is 1. The number of nitrogens with zero attached hydrogens (tertiary/aromatic N) is 2. The number of imidazole rings is 1. The van der Waals surface area contributed by atoms with Gasteiger partial charge in [0, 0.05) is 32.6 Å². The Morgan fingerprint density at radius 2 is 2.45 bits per heavy atom. The molecule has 0 spiro atoms. The van der Waals surface area contributed by atoms with E-state index in [0.717, 1.165) is 36.6 Å². The van der Waals surface area contributed by atoms with Crippen LogP contribution in [-0.4, -0.2) is 41.0 Å². The van der Waals surface area contributed by atoms with Gasteiger partial charge in [0.1, 0.15) is 11.3 Å². The van der Waals surface area contributed by atoms with Crippen molar-refractivity contribution in [2.45, 2.75) is 26.4 Å². The van der Waals surface area contributed by atoms with Crippen LogP contribution in [0, 0.1) is 6.92 Å². The lowest BCUT2D eigenvalue weighted by Crippen LogP contribution is -2.40. The first kappa shape index (κ1) is 13.3. The fourth-order valence-corrected chi connectivity index (χ4v) is 2.64. The molecule has 1 aliphatic heterocycles. The van der Waals surface area contributed by atoms with Crippen LogP contribution in [0.5, 0.6) is 0 Å². The number of ether oxygens (including phenoxy) is 1. The van der Waals surface area contributed by atoms with Crippen molar-refractivity contribution in [2.24, 2.45) is 0 Å². The van der Waals surface area contributed by atoms with Gasteiger partial charge in [-0.2, -0.15) is 0 Å². The number of fused-ring (bicyclic) bond motifs is 1. The lowest BCUT2D eigenvalue weighted by atomic mass is 10.1. The molecule has 3 heterocycles. The summed E-state index contributed by atoms with van der Waals surface area (Å²) in [4.78, 5) is 16.3. The van der Waals surface area contributed by atoms with E-state index >= 15 is 0 Å². The Morgan fingerprint density at radius 1 is 1.60 bits per heavy atom. The largest absolute Gasteiger partial charge is 0.375 e. The second kappa shape index (κ2) is 5.34. The molecule has 1 saturated heterocycles. The Kier molecular flexibility index (Phi) is 3.54.